The Bertz CT molecular complexity index is 1060. The maximum Gasteiger partial charge on any atom is 0.0966 e. The van der Waals surface area contributed by atoms with Crippen molar-refractivity contribution in [1.29, 1.82) is 0 Å². The van der Waals surface area contributed by atoms with Crippen LogP contribution in [0, 0.1) is 0 Å². The molecule has 27 heavy (non-hydrogen) atoms. The number of thiophene rings is 1. The van der Waals surface area contributed by atoms with E-state index >= 15 is 0 Å². The molecule has 0 fully saturated rings. The molecule has 0 atom stereocenters. The minimum Gasteiger partial charge on any atom is -0.332 e. The van der Waals surface area contributed by atoms with Crippen LogP contribution in [-0.2, 0) is 6.54 Å². The van der Waals surface area contributed by atoms with Gasteiger partial charge in [-0.15, -0.1) is 11.3 Å². The Hall–Kier alpha value is -2.76. The van der Waals surface area contributed by atoms with Gasteiger partial charge >= 0.3 is 0 Å². The lowest BCUT2D eigenvalue weighted by atomic mass is 10.0. The number of hydrogen-bond acceptors (Lipinski definition) is 5. The van der Waals surface area contributed by atoms with E-state index in [1.807, 2.05) is 23.5 Å². The van der Waals surface area contributed by atoms with E-state index in [2.05, 4.69) is 75.6 Å². The summed E-state index contributed by atoms with van der Waals surface area (Å²) in [6, 6.07) is 21.5. The maximum absolute atomic E-state index is 4.27. The monoisotopic (exact) mass is 372 g/mol. The summed E-state index contributed by atoms with van der Waals surface area (Å²) in [5.74, 6) is 0. The minimum absolute atomic E-state index is 0.917. The first-order valence-corrected chi connectivity index (χ1v) is 9.95. The van der Waals surface area contributed by atoms with Crippen LogP contribution in [0.1, 0.15) is 5.56 Å². The summed E-state index contributed by atoms with van der Waals surface area (Å²) >= 11 is 1.86. The van der Waals surface area contributed by atoms with Gasteiger partial charge in [0, 0.05) is 41.8 Å². The maximum atomic E-state index is 4.27. The second-order valence-electron chi connectivity index (χ2n) is 6.96. The number of rotatable bonds is 2. The molecule has 1 aliphatic rings. The number of anilines is 2. The second kappa shape index (κ2) is 6.76. The Morgan fingerprint density at radius 1 is 0.963 bits per heavy atom. The number of likely N-dealkylation sites (N-methyl/N-ethyl adjacent to an activating group) is 1. The smallest absolute Gasteiger partial charge is 0.0966 e. The molecule has 0 spiro atoms. The van der Waals surface area contributed by atoms with Gasteiger partial charge in [-0.3, -0.25) is 0 Å². The molecule has 4 nitrogen and oxygen atoms in total. The normalized spacial score (nSPS) is 14.9. The lowest BCUT2D eigenvalue weighted by Gasteiger charge is -2.23. The van der Waals surface area contributed by atoms with Crippen LogP contribution in [0.4, 0.5) is 10.7 Å². The van der Waals surface area contributed by atoms with E-state index in [4.69, 9.17) is 0 Å². The molecule has 0 radical (unpaired) electrons. The van der Waals surface area contributed by atoms with E-state index in [-0.39, 0.29) is 0 Å². The number of benzene rings is 2. The molecule has 1 aliphatic heterocycles. The van der Waals surface area contributed by atoms with E-state index in [0.29, 0.717) is 0 Å². The summed E-state index contributed by atoms with van der Waals surface area (Å²) in [5.41, 5.74) is 4.66. The fraction of sp³-hybridized carbons (Fsp3) is 0.182. The van der Waals surface area contributed by atoms with Crippen molar-refractivity contribution < 1.29 is 0 Å². The van der Waals surface area contributed by atoms with Gasteiger partial charge in [-0.2, -0.15) is 10.2 Å². The van der Waals surface area contributed by atoms with Gasteiger partial charge in [0.1, 0.15) is 0 Å². The van der Waals surface area contributed by atoms with Gasteiger partial charge in [0.2, 0.25) is 0 Å². The standard InChI is InChI=1S/C22H20N4S/c1-25-11-12-26(22-14-17-5-2-3-7-21(17)27-22)20-9-8-16(13-18(20)15-25)19-6-4-10-23-24-19/h2-10,13-14H,11-12,15H2,1H3. The van der Waals surface area contributed by atoms with Gasteiger partial charge in [0.15, 0.2) is 0 Å². The molecule has 4 aromatic rings. The van der Waals surface area contributed by atoms with Gasteiger partial charge in [-0.1, -0.05) is 24.3 Å². The predicted molar refractivity (Wildman–Crippen MR) is 113 cm³/mol. The van der Waals surface area contributed by atoms with E-state index in [1.54, 1.807) is 6.20 Å². The lowest BCUT2D eigenvalue weighted by molar-refractivity contribution is 0.343. The molecule has 0 bridgehead atoms. The molecule has 0 aliphatic carbocycles. The third kappa shape index (κ3) is 3.09. The molecule has 0 saturated heterocycles. The van der Waals surface area contributed by atoms with Gasteiger partial charge in [0.05, 0.1) is 10.7 Å². The Balaban J connectivity index is 1.61. The van der Waals surface area contributed by atoms with Crippen molar-refractivity contribution >= 4 is 32.1 Å². The minimum atomic E-state index is 0.917. The first-order valence-electron chi connectivity index (χ1n) is 9.13. The molecule has 0 unspecified atom stereocenters. The van der Waals surface area contributed by atoms with Crippen LogP contribution in [-0.4, -0.2) is 35.2 Å². The first-order chi connectivity index (χ1) is 13.3. The van der Waals surface area contributed by atoms with Gasteiger partial charge in [-0.25, -0.2) is 0 Å². The van der Waals surface area contributed by atoms with Crippen LogP contribution >= 0.6 is 11.3 Å². The number of aromatic nitrogens is 2. The van der Waals surface area contributed by atoms with Gasteiger partial charge in [-0.05, 0) is 54.4 Å². The van der Waals surface area contributed by atoms with Crippen molar-refractivity contribution in [3.8, 4) is 11.3 Å². The summed E-state index contributed by atoms with van der Waals surface area (Å²) in [6.45, 7) is 2.95. The largest absolute Gasteiger partial charge is 0.332 e. The van der Waals surface area contributed by atoms with Crippen molar-refractivity contribution in [2.75, 3.05) is 25.0 Å². The Morgan fingerprint density at radius 2 is 1.89 bits per heavy atom. The molecule has 0 N–H and O–H groups in total. The zero-order chi connectivity index (χ0) is 18.2. The molecule has 0 amide bonds. The lowest BCUT2D eigenvalue weighted by Crippen LogP contribution is -2.25. The zero-order valence-corrected chi connectivity index (χ0v) is 16.0. The van der Waals surface area contributed by atoms with Crippen LogP contribution in [0.25, 0.3) is 21.3 Å². The first kappa shape index (κ1) is 16.4. The van der Waals surface area contributed by atoms with Crippen molar-refractivity contribution in [3.63, 3.8) is 0 Å². The van der Waals surface area contributed by atoms with Crippen LogP contribution < -0.4 is 4.90 Å². The van der Waals surface area contributed by atoms with Crippen LogP contribution in [0.5, 0.6) is 0 Å². The van der Waals surface area contributed by atoms with Crippen molar-refractivity contribution in [3.05, 3.63) is 72.4 Å². The fourth-order valence-electron chi connectivity index (χ4n) is 3.68. The average Bonchev–Trinajstić information content (AvgIpc) is 3.06. The molecule has 3 heterocycles. The average molecular weight is 372 g/mol. The number of nitrogens with zero attached hydrogens (tertiary/aromatic N) is 4. The van der Waals surface area contributed by atoms with Crippen LogP contribution in [0.15, 0.2) is 66.9 Å². The molecule has 134 valence electrons. The SMILES string of the molecule is CN1CCN(c2cc3ccccc3s2)c2ccc(-c3cccnn3)cc2C1. The quantitative estimate of drug-likeness (QED) is 0.499. The Kier molecular flexibility index (Phi) is 4.11. The fourth-order valence-corrected chi connectivity index (χ4v) is 4.78. The van der Waals surface area contributed by atoms with Gasteiger partial charge in [0.25, 0.3) is 0 Å². The highest BCUT2D eigenvalue weighted by Crippen LogP contribution is 2.39. The summed E-state index contributed by atoms with van der Waals surface area (Å²) in [5, 5.41) is 10.9. The van der Waals surface area contributed by atoms with Crippen molar-refractivity contribution in [2.45, 2.75) is 6.54 Å². The van der Waals surface area contributed by atoms with E-state index in [1.165, 1.54) is 26.3 Å². The summed E-state index contributed by atoms with van der Waals surface area (Å²) in [4.78, 5) is 4.84. The summed E-state index contributed by atoms with van der Waals surface area (Å²) in [7, 11) is 2.19. The summed E-state index contributed by atoms with van der Waals surface area (Å²) in [6.07, 6.45) is 1.71. The molecule has 5 heteroatoms. The molecule has 2 aromatic heterocycles. The Labute approximate surface area is 162 Å². The third-order valence-electron chi connectivity index (χ3n) is 5.06. The zero-order valence-electron chi connectivity index (χ0n) is 15.2. The van der Waals surface area contributed by atoms with Gasteiger partial charge < -0.3 is 9.80 Å². The predicted octanol–water partition coefficient (Wildman–Crippen LogP) is 4.94. The highest BCUT2D eigenvalue weighted by atomic mass is 32.1. The Morgan fingerprint density at radius 3 is 2.74 bits per heavy atom. The molecule has 0 saturated carbocycles. The highest BCUT2D eigenvalue weighted by Gasteiger charge is 2.21. The summed E-state index contributed by atoms with van der Waals surface area (Å²) < 4.78 is 1.34. The van der Waals surface area contributed by atoms with Crippen LogP contribution in [0.3, 0.4) is 0 Å². The number of fused-ring (bicyclic) bond motifs is 2. The van der Waals surface area contributed by atoms with E-state index in [9.17, 15) is 0 Å². The molecular formula is C22H20N4S. The molecular weight excluding hydrogens is 352 g/mol. The third-order valence-corrected chi connectivity index (χ3v) is 6.20. The van der Waals surface area contributed by atoms with Crippen LogP contribution in [0.2, 0.25) is 0 Å². The topological polar surface area (TPSA) is 32.3 Å². The van der Waals surface area contributed by atoms with Crippen molar-refractivity contribution in [2.24, 2.45) is 0 Å². The molecule has 5 rings (SSSR count). The van der Waals surface area contributed by atoms with E-state index in [0.717, 1.165) is 30.9 Å². The molecule has 2 aromatic carbocycles. The second-order valence-corrected chi connectivity index (χ2v) is 8.03. The highest BCUT2D eigenvalue weighted by molar-refractivity contribution is 7.22. The number of hydrogen-bond donors (Lipinski definition) is 0. The van der Waals surface area contributed by atoms with E-state index < -0.39 is 0 Å². The van der Waals surface area contributed by atoms with Crippen molar-refractivity contribution in [1.82, 2.24) is 15.1 Å².